The van der Waals surface area contributed by atoms with Gasteiger partial charge in [-0.05, 0) is 18.6 Å². The lowest BCUT2D eigenvalue weighted by atomic mass is 10.4. The Bertz CT molecular complexity index is 373. The van der Waals surface area contributed by atoms with E-state index < -0.39 is 10.1 Å². The van der Waals surface area contributed by atoms with Crippen LogP contribution in [0, 0.1) is 0 Å². The zero-order valence-corrected chi connectivity index (χ0v) is 10.2. The molecule has 15 heavy (non-hydrogen) atoms. The second-order valence-electron chi connectivity index (χ2n) is 3.08. The SMILES string of the molecule is CCCCS(=O)(=O)OSc1ccccc1. The first-order chi connectivity index (χ1) is 7.14. The molecule has 0 aliphatic rings. The third-order valence-electron chi connectivity index (χ3n) is 1.73. The second kappa shape index (κ2) is 6.15. The van der Waals surface area contributed by atoms with Gasteiger partial charge in [-0.15, -0.1) is 0 Å². The summed E-state index contributed by atoms with van der Waals surface area (Å²) < 4.78 is 27.4. The molecule has 0 amide bonds. The molecular weight excluding hydrogens is 232 g/mol. The Kier molecular flexibility index (Phi) is 5.14. The van der Waals surface area contributed by atoms with Gasteiger partial charge in [0.15, 0.2) is 0 Å². The average Bonchev–Trinajstić information content (AvgIpc) is 2.25. The van der Waals surface area contributed by atoms with E-state index in [0.29, 0.717) is 6.42 Å². The number of benzene rings is 1. The molecule has 0 spiro atoms. The van der Waals surface area contributed by atoms with Crippen LogP contribution in [0.1, 0.15) is 19.8 Å². The zero-order valence-electron chi connectivity index (χ0n) is 8.55. The molecule has 0 N–H and O–H groups in total. The molecule has 0 heterocycles. The summed E-state index contributed by atoms with van der Waals surface area (Å²) in [5, 5.41) is 0. The van der Waals surface area contributed by atoms with Crippen LogP contribution in [0.3, 0.4) is 0 Å². The molecule has 1 rings (SSSR count). The van der Waals surface area contributed by atoms with Gasteiger partial charge in [0.05, 0.1) is 5.75 Å². The summed E-state index contributed by atoms with van der Waals surface area (Å²) in [5.41, 5.74) is 0. The maximum Gasteiger partial charge on any atom is 0.278 e. The molecular formula is C10H14O3S2. The van der Waals surface area contributed by atoms with Crippen LogP contribution >= 0.6 is 12.0 Å². The first-order valence-corrected chi connectivity index (χ1v) is 7.10. The van der Waals surface area contributed by atoms with Crippen molar-refractivity contribution in [2.24, 2.45) is 0 Å². The molecule has 0 aliphatic carbocycles. The van der Waals surface area contributed by atoms with Crippen molar-refractivity contribution in [2.45, 2.75) is 24.7 Å². The molecule has 5 heteroatoms. The Morgan fingerprint density at radius 2 is 1.93 bits per heavy atom. The fourth-order valence-electron chi connectivity index (χ4n) is 0.922. The zero-order chi connectivity index (χ0) is 11.1. The highest BCUT2D eigenvalue weighted by molar-refractivity contribution is 8.04. The fourth-order valence-corrected chi connectivity index (χ4v) is 2.83. The van der Waals surface area contributed by atoms with Crippen molar-refractivity contribution in [1.29, 1.82) is 0 Å². The van der Waals surface area contributed by atoms with Gasteiger partial charge in [-0.1, -0.05) is 31.5 Å². The Hall–Kier alpha value is -0.520. The minimum Gasteiger partial charge on any atom is -0.198 e. The van der Waals surface area contributed by atoms with E-state index in [2.05, 4.69) is 0 Å². The van der Waals surface area contributed by atoms with E-state index in [-0.39, 0.29) is 5.75 Å². The third-order valence-corrected chi connectivity index (χ3v) is 4.08. The molecule has 0 fully saturated rings. The van der Waals surface area contributed by atoms with Crippen LogP contribution in [0.15, 0.2) is 35.2 Å². The van der Waals surface area contributed by atoms with Crippen molar-refractivity contribution in [1.82, 2.24) is 0 Å². The van der Waals surface area contributed by atoms with Gasteiger partial charge in [-0.2, -0.15) is 12.0 Å². The molecule has 84 valence electrons. The Labute approximate surface area is 95.2 Å². The Morgan fingerprint density at radius 1 is 1.27 bits per heavy atom. The second-order valence-corrected chi connectivity index (χ2v) is 5.79. The maximum absolute atomic E-state index is 11.3. The van der Waals surface area contributed by atoms with Crippen LogP contribution in [0.25, 0.3) is 0 Å². The van der Waals surface area contributed by atoms with Crippen molar-refractivity contribution in [3.8, 4) is 0 Å². The molecule has 0 unspecified atom stereocenters. The van der Waals surface area contributed by atoms with Gasteiger partial charge in [-0.25, -0.2) is 0 Å². The quantitative estimate of drug-likeness (QED) is 0.724. The topological polar surface area (TPSA) is 43.4 Å². The van der Waals surface area contributed by atoms with E-state index in [1.54, 1.807) is 12.1 Å². The van der Waals surface area contributed by atoms with Crippen LogP contribution in [0.4, 0.5) is 0 Å². The molecule has 0 saturated heterocycles. The molecule has 0 atom stereocenters. The Morgan fingerprint density at radius 3 is 2.53 bits per heavy atom. The van der Waals surface area contributed by atoms with Crippen molar-refractivity contribution >= 4 is 22.2 Å². The summed E-state index contributed by atoms with van der Waals surface area (Å²) in [6.45, 7) is 1.94. The van der Waals surface area contributed by atoms with Gasteiger partial charge in [0, 0.05) is 16.9 Å². The van der Waals surface area contributed by atoms with E-state index in [0.717, 1.165) is 23.4 Å². The molecule has 3 nitrogen and oxygen atoms in total. The molecule has 0 saturated carbocycles. The summed E-state index contributed by atoms with van der Waals surface area (Å²) in [7, 11) is -3.38. The standard InChI is InChI=1S/C10H14O3S2/c1-2-3-9-15(11,12)13-14-10-7-5-4-6-8-10/h4-8H,2-3,9H2,1H3. The molecule has 0 aliphatic heterocycles. The van der Waals surface area contributed by atoms with Crippen molar-refractivity contribution in [3.63, 3.8) is 0 Å². The van der Waals surface area contributed by atoms with Gasteiger partial charge in [0.1, 0.15) is 0 Å². The van der Waals surface area contributed by atoms with Crippen LogP contribution in [0.2, 0.25) is 0 Å². The normalized spacial score (nSPS) is 11.5. The molecule has 0 bridgehead atoms. The van der Waals surface area contributed by atoms with E-state index in [9.17, 15) is 8.42 Å². The van der Waals surface area contributed by atoms with Gasteiger partial charge in [0.25, 0.3) is 10.1 Å². The Balaban J connectivity index is 2.43. The van der Waals surface area contributed by atoms with Crippen molar-refractivity contribution < 1.29 is 12.0 Å². The summed E-state index contributed by atoms with van der Waals surface area (Å²) in [6.07, 6.45) is 1.48. The monoisotopic (exact) mass is 246 g/mol. The first kappa shape index (κ1) is 12.5. The van der Waals surface area contributed by atoms with E-state index in [1.165, 1.54) is 0 Å². The van der Waals surface area contributed by atoms with E-state index in [4.69, 9.17) is 3.63 Å². The molecule has 1 aromatic carbocycles. The predicted molar refractivity (Wildman–Crippen MR) is 62.1 cm³/mol. The molecule has 1 aromatic rings. The largest absolute Gasteiger partial charge is 0.278 e. The first-order valence-electron chi connectivity index (χ1n) is 4.78. The van der Waals surface area contributed by atoms with Crippen LogP contribution in [0.5, 0.6) is 0 Å². The number of rotatable bonds is 6. The van der Waals surface area contributed by atoms with Gasteiger partial charge >= 0.3 is 0 Å². The lowest BCUT2D eigenvalue weighted by Gasteiger charge is -2.02. The number of hydrogen-bond acceptors (Lipinski definition) is 4. The van der Waals surface area contributed by atoms with Crippen LogP contribution in [-0.2, 0) is 13.7 Å². The fraction of sp³-hybridized carbons (Fsp3) is 0.400. The predicted octanol–water partition coefficient (Wildman–Crippen LogP) is 2.84. The molecule has 0 radical (unpaired) electrons. The third kappa shape index (κ3) is 5.20. The number of unbranched alkanes of at least 4 members (excludes halogenated alkanes) is 1. The smallest absolute Gasteiger partial charge is 0.198 e. The average molecular weight is 246 g/mol. The lowest BCUT2D eigenvalue weighted by Crippen LogP contribution is -2.06. The van der Waals surface area contributed by atoms with Crippen LogP contribution in [-0.4, -0.2) is 14.2 Å². The maximum atomic E-state index is 11.3. The van der Waals surface area contributed by atoms with Gasteiger partial charge in [0.2, 0.25) is 0 Å². The minimum absolute atomic E-state index is 0.0866. The van der Waals surface area contributed by atoms with Crippen molar-refractivity contribution in [2.75, 3.05) is 5.75 Å². The highest BCUT2D eigenvalue weighted by Gasteiger charge is 2.11. The lowest BCUT2D eigenvalue weighted by molar-refractivity contribution is 0.515. The highest BCUT2D eigenvalue weighted by atomic mass is 32.3. The summed E-state index contributed by atoms with van der Waals surface area (Å²) >= 11 is 0.890. The van der Waals surface area contributed by atoms with E-state index in [1.807, 2.05) is 25.1 Å². The van der Waals surface area contributed by atoms with Gasteiger partial charge in [-0.3, -0.25) is 0 Å². The van der Waals surface area contributed by atoms with Crippen LogP contribution < -0.4 is 0 Å². The summed E-state index contributed by atoms with van der Waals surface area (Å²) in [4.78, 5) is 0.789. The van der Waals surface area contributed by atoms with Crippen molar-refractivity contribution in [3.05, 3.63) is 30.3 Å². The minimum atomic E-state index is -3.38. The molecule has 0 aromatic heterocycles. The van der Waals surface area contributed by atoms with E-state index >= 15 is 0 Å². The van der Waals surface area contributed by atoms with Gasteiger partial charge < -0.3 is 0 Å². The summed E-state index contributed by atoms with van der Waals surface area (Å²) in [6, 6.07) is 9.16. The summed E-state index contributed by atoms with van der Waals surface area (Å²) in [5.74, 6) is 0.0866. The highest BCUT2D eigenvalue weighted by Crippen LogP contribution is 2.21. The number of hydrogen-bond donors (Lipinski definition) is 0.